The van der Waals surface area contributed by atoms with Crippen molar-refractivity contribution >= 4 is 23.6 Å². The number of hydrogen-bond acceptors (Lipinski definition) is 4. The molecule has 2 aliphatic rings. The third-order valence-corrected chi connectivity index (χ3v) is 4.91. The molecule has 0 radical (unpaired) electrons. The van der Waals surface area contributed by atoms with Crippen LogP contribution in [0.2, 0.25) is 0 Å². The van der Waals surface area contributed by atoms with Crippen molar-refractivity contribution in [3.8, 4) is 0 Å². The number of nitrogens with two attached hydrogens (primary N) is 1. The molecule has 1 unspecified atom stereocenters. The van der Waals surface area contributed by atoms with Gasteiger partial charge in [-0.05, 0) is 17.6 Å². The third kappa shape index (κ3) is 2.01. The van der Waals surface area contributed by atoms with E-state index in [1.807, 2.05) is 30.3 Å². The van der Waals surface area contributed by atoms with E-state index < -0.39 is 12.0 Å². The summed E-state index contributed by atoms with van der Waals surface area (Å²) in [7, 11) is 0. The molecule has 3 rings (SSSR count). The molecule has 1 saturated heterocycles. The third-order valence-electron chi connectivity index (χ3n) is 3.55. The Balaban J connectivity index is 1.94. The number of nitrogens with zero attached hydrogens (tertiary/aromatic N) is 1. The van der Waals surface area contributed by atoms with Crippen molar-refractivity contribution in [1.29, 1.82) is 0 Å². The van der Waals surface area contributed by atoms with E-state index in [9.17, 15) is 14.7 Å². The summed E-state index contributed by atoms with van der Waals surface area (Å²) >= 11 is 1.53. The Hall–Kier alpha value is -1.79. The van der Waals surface area contributed by atoms with Gasteiger partial charge in [0.2, 0.25) is 5.91 Å². The topological polar surface area (TPSA) is 83.6 Å². The Morgan fingerprint density at radius 3 is 2.75 bits per heavy atom. The summed E-state index contributed by atoms with van der Waals surface area (Å²) in [6.07, 6.45) is 0.543. The van der Waals surface area contributed by atoms with Gasteiger partial charge in [-0.3, -0.25) is 9.69 Å². The van der Waals surface area contributed by atoms with Crippen LogP contribution < -0.4 is 5.73 Å². The highest BCUT2D eigenvalue weighted by atomic mass is 32.2. The van der Waals surface area contributed by atoms with E-state index in [1.54, 1.807) is 0 Å². The van der Waals surface area contributed by atoms with E-state index in [0.29, 0.717) is 12.2 Å². The largest absolute Gasteiger partial charge is 0.477 e. The van der Waals surface area contributed by atoms with Crippen LogP contribution in [0.15, 0.2) is 41.6 Å². The Bertz CT molecular complexity index is 600. The standard InChI is InChI=1S/C14H14N2O3S/c15-10-12(17)16-11(14(18)19)9(7-20-13(10)16)6-8-4-2-1-3-5-8/h1-5,10,13H,6-7,15H2,(H,18,19)/t10?,13-/m0/s1. The monoisotopic (exact) mass is 290 g/mol. The lowest BCUT2D eigenvalue weighted by molar-refractivity contribution is -0.148. The highest BCUT2D eigenvalue weighted by molar-refractivity contribution is 8.00. The van der Waals surface area contributed by atoms with Gasteiger partial charge >= 0.3 is 5.97 Å². The van der Waals surface area contributed by atoms with Gasteiger partial charge in [-0.1, -0.05) is 30.3 Å². The fourth-order valence-corrected chi connectivity index (χ4v) is 3.85. The molecule has 1 aromatic rings. The van der Waals surface area contributed by atoms with Crippen LogP contribution >= 0.6 is 11.8 Å². The van der Waals surface area contributed by atoms with Crippen LogP contribution in [-0.4, -0.2) is 39.1 Å². The molecule has 0 aliphatic carbocycles. The van der Waals surface area contributed by atoms with Crippen molar-refractivity contribution < 1.29 is 14.7 Å². The first-order valence-electron chi connectivity index (χ1n) is 6.29. The van der Waals surface area contributed by atoms with Crippen LogP contribution in [0.3, 0.4) is 0 Å². The molecule has 2 atom stereocenters. The zero-order chi connectivity index (χ0) is 14.3. The average molecular weight is 290 g/mol. The normalized spacial score (nSPS) is 25.2. The number of carboxylic acid groups (broad SMARTS) is 1. The summed E-state index contributed by atoms with van der Waals surface area (Å²) in [5.41, 5.74) is 7.63. The average Bonchev–Trinajstić information content (AvgIpc) is 2.46. The maximum Gasteiger partial charge on any atom is 0.352 e. The van der Waals surface area contributed by atoms with Crippen molar-refractivity contribution in [2.45, 2.75) is 17.8 Å². The summed E-state index contributed by atoms with van der Waals surface area (Å²) < 4.78 is 0. The Labute approximate surface area is 120 Å². The van der Waals surface area contributed by atoms with E-state index >= 15 is 0 Å². The van der Waals surface area contributed by atoms with Gasteiger partial charge in [-0.2, -0.15) is 0 Å². The molecule has 1 amide bonds. The molecule has 104 valence electrons. The molecule has 6 heteroatoms. The molecule has 20 heavy (non-hydrogen) atoms. The fourth-order valence-electron chi connectivity index (χ4n) is 2.56. The van der Waals surface area contributed by atoms with Gasteiger partial charge in [0.15, 0.2) is 0 Å². The molecule has 0 bridgehead atoms. The van der Waals surface area contributed by atoms with Gasteiger partial charge in [0.25, 0.3) is 0 Å². The van der Waals surface area contributed by atoms with E-state index in [4.69, 9.17) is 5.73 Å². The van der Waals surface area contributed by atoms with E-state index in [2.05, 4.69) is 0 Å². The quantitative estimate of drug-likeness (QED) is 0.805. The predicted octanol–water partition coefficient (Wildman–Crippen LogP) is 0.810. The summed E-state index contributed by atoms with van der Waals surface area (Å²) in [5.74, 6) is -0.759. The molecule has 1 fully saturated rings. The summed E-state index contributed by atoms with van der Waals surface area (Å²) in [6, 6.07) is 9.08. The van der Waals surface area contributed by atoms with Crippen molar-refractivity contribution in [1.82, 2.24) is 4.90 Å². The van der Waals surface area contributed by atoms with Gasteiger partial charge in [-0.15, -0.1) is 11.8 Å². The number of aliphatic carboxylic acids is 1. The molecule has 2 aliphatic heterocycles. The highest BCUT2D eigenvalue weighted by Gasteiger charge is 2.51. The van der Waals surface area contributed by atoms with Gasteiger partial charge in [0.1, 0.15) is 17.1 Å². The van der Waals surface area contributed by atoms with Crippen LogP contribution in [0.5, 0.6) is 0 Å². The smallest absolute Gasteiger partial charge is 0.352 e. The number of rotatable bonds is 3. The number of thioether (sulfide) groups is 1. The van der Waals surface area contributed by atoms with E-state index in [-0.39, 0.29) is 17.0 Å². The van der Waals surface area contributed by atoms with Crippen molar-refractivity contribution in [3.63, 3.8) is 0 Å². The molecule has 3 N–H and O–H groups in total. The number of fused-ring (bicyclic) bond motifs is 1. The second-order valence-corrected chi connectivity index (χ2v) is 5.96. The maximum atomic E-state index is 11.8. The first-order chi connectivity index (χ1) is 9.59. The van der Waals surface area contributed by atoms with Gasteiger partial charge in [0.05, 0.1) is 0 Å². The van der Waals surface area contributed by atoms with E-state index in [0.717, 1.165) is 11.1 Å². The number of hydrogen-bond donors (Lipinski definition) is 2. The van der Waals surface area contributed by atoms with E-state index in [1.165, 1.54) is 16.7 Å². The summed E-state index contributed by atoms with van der Waals surface area (Å²) in [5, 5.41) is 9.18. The Kier molecular flexibility index (Phi) is 3.27. The van der Waals surface area contributed by atoms with Crippen molar-refractivity contribution in [2.24, 2.45) is 5.73 Å². The molecule has 0 aromatic heterocycles. The second kappa shape index (κ2) is 4.96. The second-order valence-electron chi connectivity index (χ2n) is 4.86. The van der Waals surface area contributed by atoms with Crippen LogP contribution in [0.4, 0.5) is 0 Å². The van der Waals surface area contributed by atoms with Crippen molar-refractivity contribution in [3.05, 3.63) is 47.2 Å². The molecule has 0 spiro atoms. The predicted molar refractivity (Wildman–Crippen MR) is 75.9 cm³/mol. The first-order valence-corrected chi connectivity index (χ1v) is 7.34. The van der Waals surface area contributed by atoms with Gasteiger partial charge in [0, 0.05) is 5.75 Å². The van der Waals surface area contributed by atoms with Gasteiger partial charge < -0.3 is 10.8 Å². The zero-order valence-electron chi connectivity index (χ0n) is 10.7. The number of amides is 1. The molecule has 1 aromatic carbocycles. The first kappa shape index (κ1) is 13.2. The lowest BCUT2D eigenvalue weighted by atomic mass is 9.99. The molecule has 0 saturated carbocycles. The van der Waals surface area contributed by atoms with Crippen LogP contribution in [0, 0.1) is 0 Å². The van der Waals surface area contributed by atoms with Gasteiger partial charge in [-0.25, -0.2) is 4.79 Å². The fraction of sp³-hybridized carbons (Fsp3) is 0.286. The minimum absolute atomic E-state index is 0.115. The van der Waals surface area contributed by atoms with Crippen LogP contribution in [0.1, 0.15) is 5.56 Å². The van der Waals surface area contributed by atoms with Crippen LogP contribution in [-0.2, 0) is 16.0 Å². The molecule has 2 heterocycles. The number of carboxylic acids is 1. The lowest BCUT2D eigenvalue weighted by Gasteiger charge is -2.48. The molecule has 5 nitrogen and oxygen atoms in total. The molecular formula is C14H14N2O3S. The number of benzene rings is 1. The number of β-lactam (4-membered cyclic amide) rings is 1. The van der Waals surface area contributed by atoms with Crippen molar-refractivity contribution in [2.75, 3.05) is 5.75 Å². The SMILES string of the molecule is NC1C(=O)N2C(C(=O)O)=C(Cc3ccccc3)CS[C@@H]12. The van der Waals surface area contributed by atoms with Crippen LogP contribution in [0.25, 0.3) is 0 Å². The number of carbonyl (C=O) groups excluding carboxylic acids is 1. The summed E-state index contributed by atoms with van der Waals surface area (Å²) in [6.45, 7) is 0. The Morgan fingerprint density at radius 1 is 1.40 bits per heavy atom. The minimum Gasteiger partial charge on any atom is -0.477 e. The lowest BCUT2D eigenvalue weighted by Crippen LogP contribution is -2.68. The summed E-state index contributed by atoms with van der Waals surface area (Å²) in [4.78, 5) is 24.6. The highest BCUT2D eigenvalue weighted by Crippen LogP contribution is 2.40. The minimum atomic E-state index is -1.05. The Morgan fingerprint density at radius 2 is 2.10 bits per heavy atom. The zero-order valence-corrected chi connectivity index (χ0v) is 11.5. The number of carbonyl (C=O) groups is 2. The molecular weight excluding hydrogens is 276 g/mol. The maximum absolute atomic E-state index is 11.8.